The van der Waals surface area contributed by atoms with Gasteiger partial charge in [-0.1, -0.05) is 11.6 Å². The minimum Gasteiger partial charge on any atom is -0.357 e. The average Bonchev–Trinajstić information content (AvgIpc) is 2.48. The summed E-state index contributed by atoms with van der Waals surface area (Å²) in [5.41, 5.74) is 0. The minimum atomic E-state index is -0.494. The van der Waals surface area contributed by atoms with Gasteiger partial charge in [-0.25, -0.2) is 4.98 Å². The number of hydrogen-bond donors (Lipinski definition) is 2. The highest BCUT2D eigenvalue weighted by atomic mass is 35.5. The van der Waals surface area contributed by atoms with Gasteiger partial charge in [0.05, 0.1) is 6.20 Å². The summed E-state index contributed by atoms with van der Waals surface area (Å²) in [5, 5.41) is 6.15. The zero-order valence-corrected chi connectivity index (χ0v) is 15.0. The predicted molar refractivity (Wildman–Crippen MR) is 90.6 cm³/mol. The van der Waals surface area contributed by atoms with Gasteiger partial charge in [0.1, 0.15) is 17.1 Å². The van der Waals surface area contributed by atoms with Crippen LogP contribution in [0.1, 0.15) is 13.8 Å². The van der Waals surface area contributed by atoms with Crippen molar-refractivity contribution >= 4 is 35.2 Å². The Bertz CT molecular complexity index is 578. The second-order valence-electron chi connectivity index (χ2n) is 5.59. The van der Waals surface area contributed by atoms with E-state index in [1.54, 1.807) is 42.0 Å². The van der Waals surface area contributed by atoms with Gasteiger partial charge in [0, 0.05) is 28.2 Å². The smallest absolute Gasteiger partial charge is 0.244 e. The van der Waals surface area contributed by atoms with Crippen LogP contribution in [0, 0.1) is 0 Å². The van der Waals surface area contributed by atoms with Crippen molar-refractivity contribution in [2.75, 3.05) is 38.8 Å². The number of halogens is 1. The Kier molecular flexibility index (Phi) is 6.56. The molecule has 0 fully saturated rings. The summed E-state index contributed by atoms with van der Waals surface area (Å²) in [6.07, 6.45) is 1.42. The molecule has 0 unspecified atom stereocenters. The Balaban J connectivity index is 2.87. The Labute approximate surface area is 141 Å². The summed E-state index contributed by atoms with van der Waals surface area (Å²) < 4.78 is 0. The van der Waals surface area contributed by atoms with Crippen molar-refractivity contribution in [3.63, 3.8) is 0 Å². The van der Waals surface area contributed by atoms with E-state index in [0.29, 0.717) is 10.8 Å². The zero-order chi connectivity index (χ0) is 17.7. The highest BCUT2D eigenvalue weighted by Crippen LogP contribution is 2.20. The van der Waals surface area contributed by atoms with Crippen LogP contribution in [-0.2, 0) is 9.59 Å². The van der Waals surface area contributed by atoms with Gasteiger partial charge >= 0.3 is 0 Å². The Morgan fingerprint density at radius 1 is 1.04 bits per heavy atom. The van der Waals surface area contributed by atoms with Gasteiger partial charge in [0.25, 0.3) is 0 Å². The van der Waals surface area contributed by atoms with E-state index in [9.17, 15) is 9.59 Å². The first-order chi connectivity index (χ1) is 10.6. The lowest BCUT2D eigenvalue weighted by atomic mass is 10.3. The van der Waals surface area contributed by atoms with Crippen LogP contribution in [-0.4, -0.2) is 71.9 Å². The molecule has 1 aromatic heterocycles. The summed E-state index contributed by atoms with van der Waals surface area (Å²) in [7, 11) is 6.68. The average molecular weight is 343 g/mol. The first-order valence-electron chi connectivity index (χ1n) is 7.11. The Hall–Kier alpha value is -2.09. The summed E-state index contributed by atoms with van der Waals surface area (Å²) in [6, 6.07) is -0.981. The molecule has 0 spiro atoms. The van der Waals surface area contributed by atoms with Crippen LogP contribution in [0.5, 0.6) is 0 Å². The molecule has 2 amide bonds. The van der Waals surface area contributed by atoms with E-state index in [4.69, 9.17) is 11.6 Å². The summed E-state index contributed by atoms with van der Waals surface area (Å²) >= 11 is 6.06. The molecular formula is C14H23ClN6O2. The molecule has 0 aromatic carbocycles. The molecule has 0 aliphatic heterocycles. The van der Waals surface area contributed by atoms with E-state index in [-0.39, 0.29) is 17.8 Å². The maximum Gasteiger partial charge on any atom is 0.244 e. The molecule has 0 saturated heterocycles. The van der Waals surface area contributed by atoms with E-state index in [1.807, 2.05) is 0 Å². The number of nitrogens with zero attached hydrogens (tertiary/aromatic N) is 4. The van der Waals surface area contributed by atoms with E-state index < -0.39 is 12.1 Å². The second kappa shape index (κ2) is 7.96. The van der Waals surface area contributed by atoms with Crippen LogP contribution in [0.25, 0.3) is 0 Å². The summed E-state index contributed by atoms with van der Waals surface area (Å²) in [6.45, 7) is 3.43. The van der Waals surface area contributed by atoms with Gasteiger partial charge in [0.15, 0.2) is 5.82 Å². The molecular weight excluding hydrogens is 320 g/mol. The van der Waals surface area contributed by atoms with Gasteiger partial charge < -0.3 is 20.4 Å². The van der Waals surface area contributed by atoms with Crippen LogP contribution in [0.15, 0.2) is 6.20 Å². The third-order valence-corrected chi connectivity index (χ3v) is 3.34. The molecule has 0 bridgehead atoms. The largest absolute Gasteiger partial charge is 0.357 e. The molecule has 23 heavy (non-hydrogen) atoms. The highest BCUT2D eigenvalue weighted by Gasteiger charge is 2.19. The second-order valence-corrected chi connectivity index (χ2v) is 5.99. The molecule has 0 saturated carbocycles. The predicted octanol–water partition coefficient (Wildman–Crippen LogP) is 0.907. The Morgan fingerprint density at radius 2 is 1.52 bits per heavy atom. The number of aromatic nitrogens is 2. The number of nitrogens with one attached hydrogen (secondary N) is 2. The number of likely N-dealkylation sites (N-methyl/N-ethyl adjacent to an activating group) is 2. The van der Waals surface area contributed by atoms with Gasteiger partial charge in [-0.3, -0.25) is 9.59 Å². The lowest BCUT2D eigenvalue weighted by molar-refractivity contribution is -0.129. The number of rotatable bonds is 6. The first-order valence-corrected chi connectivity index (χ1v) is 7.49. The van der Waals surface area contributed by atoms with Gasteiger partial charge in [0.2, 0.25) is 17.8 Å². The fraction of sp³-hybridized carbons (Fsp3) is 0.571. The third kappa shape index (κ3) is 5.24. The Morgan fingerprint density at radius 3 is 2.00 bits per heavy atom. The molecule has 1 aromatic rings. The van der Waals surface area contributed by atoms with Crippen LogP contribution in [0.4, 0.5) is 11.8 Å². The molecule has 0 aliphatic carbocycles. The van der Waals surface area contributed by atoms with E-state index in [2.05, 4.69) is 20.6 Å². The fourth-order valence-corrected chi connectivity index (χ4v) is 1.98. The van der Waals surface area contributed by atoms with Crippen molar-refractivity contribution in [3.8, 4) is 0 Å². The van der Waals surface area contributed by atoms with Gasteiger partial charge in [-0.15, -0.1) is 0 Å². The fourth-order valence-electron chi connectivity index (χ4n) is 1.83. The van der Waals surface area contributed by atoms with Gasteiger partial charge in [-0.2, -0.15) is 4.98 Å². The summed E-state index contributed by atoms with van der Waals surface area (Å²) in [5.74, 6) is 0.375. The number of hydrogen-bond acceptors (Lipinski definition) is 6. The monoisotopic (exact) mass is 342 g/mol. The van der Waals surface area contributed by atoms with Crippen molar-refractivity contribution in [2.45, 2.75) is 25.9 Å². The number of carbonyl (C=O) groups is 2. The SMILES string of the molecule is C[C@H](Nc1ncc(Cl)c(N[C@@H](C)C(=O)N(C)C)n1)C(=O)N(C)C. The van der Waals surface area contributed by atoms with Crippen LogP contribution in [0.2, 0.25) is 5.02 Å². The molecule has 128 valence electrons. The molecule has 2 N–H and O–H groups in total. The topological polar surface area (TPSA) is 90.5 Å². The maximum atomic E-state index is 11.9. The number of anilines is 2. The quantitative estimate of drug-likeness (QED) is 0.798. The lowest BCUT2D eigenvalue weighted by Gasteiger charge is -2.20. The zero-order valence-electron chi connectivity index (χ0n) is 14.2. The van der Waals surface area contributed by atoms with Crippen LogP contribution in [0.3, 0.4) is 0 Å². The van der Waals surface area contributed by atoms with E-state index >= 15 is 0 Å². The molecule has 1 heterocycles. The van der Waals surface area contributed by atoms with Crippen LogP contribution >= 0.6 is 11.6 Å². The highest BCUT2D eigenvalue weighted by molar-refractivity contribution is 6.32. The number of carbonyl (C=O) groups excluding carboxylic acids is 2. The molecule has 2 atom stereocenters. The first kappa shape index (κ1) is 19.0. The van der Waals surface area contributed by atoms with Crippen molar-refractivity contribution in [1.29, 1.82) is 0 Å². The normalized spacial score (nSPS) is 13.0. The number of amides is 2. The molecule has 0 radical (unpaired) electrons. The van der Waals surface area contributed by atoms with Crippen molar-refractivity contribution in [1.82, 2.24) is 19.8 Å². The summed E-state index contributed by atoms with van der Waals surface area (Å²) in [4.78, 5) is 35.0. The lowest BCUT2D eigenvalue weighted by Crippen LogP contribution is -2.38. The molecule has 1 rings (SSSR count). The van der Waals surface area contributed by atoms with E-state index in [0.717, 1.165) is 0 Å². The molecule has 0 aliphatic rings. The van der Waals surface area contributed by atoms with Crippen LogP contribution < -0.4 is 10.6 Å². The van der Waals surface area contributed by atoms with Crippen molar-refractivity contribution < 1.29 is 9.59 Å². The molecule has 9 heteroatoms. The van der Waals surface area contributed by atoms with Crippen molar-refractivity contribution in [2.24, 2.45) is 0 Å². The standard InChI is InChI=1S/C14H23ClN6O2/c1-8(12(22)20(3)4)17-11-10(15)7-16-14(19-11)18-9(2)13(23)21(5)6/h7-9H,1-6H3,(H2,16,17,18,19)/t8-,9-/m0/s1. The van der Waals surface area contributed by atoms with Crippen molar-refractivity contribution in [3.05, 3.63) is 11.2 Å². The van der Waals surface area contributed by atoms with Gasteiger partial charge in [-0.05, 0) is 13.8 Å². The van der Waals surface area contributed by atoms with E-state index in [1.165, 1.54) is 16.0 Å². The minimum absolute atomic E-state index is 0.103. The molecule has 8 nitrogen and oxygen atoms in total. The maximum absolute atomic E-state index is 11.9. The third-order valence-electron chi connectivity index (χ3n) is 3.07.